The second-order valence-electron chi connectivity index (χ2n) is 6.57. The van der Waals surface area contributed by atoms with Crippen LogP contribution in [-0.2, 0) is 9.84 Å². The van der Waals surface area contributed by atoms with Gasteiger partial charge in [-0.25, -0.2) is 8.42 Å². The number of aliphatic imine (C=N–C) groups is 1. The number of hydrogen-bond acceptors (Lipinski definition) is 4. The van der Waals surface area contributed by atoms with Gasteiger partial charge in [0.05, 0.1) is 11.5 Å². The number of guanidine groups is 1. The Morgan fingerprint density at radius 3 is 2.26 bits per heavy atom. The fourth-order valence-electron chi connectivity index (χ4n) is 2.91. The van der Waals surface area contributed by atoms with Gasteiger partial charge in [-0.05, 0) is 40.0 Å². The molecule has 0 spiro atoms. The molecule has 6 nitrogen and oxygen atoms in total. The summed E-state index contributed by atoms with van der Waals surface area (Å²) in [5.74, 6) is 1.57. The van der Waals surface area contributed by atoms with E-state index in [4.69, 9.17) is 0 Å². The van der Waals surface area contributed by atoms with Crippen LogP contribution in [0.5, 0.6) is 0 Å². The summed E-state index contributed by atoms with van der Waals surface area (Å²) in [6.45, 7) is 11.2. The summed E-state index contributed by atoms with van der Waals surface area (Å²) in [6.07, 6.45) is 0.751. The standard InChI is InChI=1S/C15H32N4O2S.HI/c1-12(2)19(13(3)4)8-7-17-15(16-5)18-10-14-6-9-22(20,21)11-14;/h12-14H,6-11H2,1-5H3,(H2,16,17,18);1H. The summed E-state index contributed by atoms with van der Waals surface area (Å²) >= 11 is 0. The Balaban J connectivity index is 0.00000484. The highest BCUT2D eigenvalue weighted by atomic mass is 127. The van der Waals surface area contributed by atoms with Gasteiger partial charge in [0.2, 0.25) is 0 Å². The third-order valence-electron chi connectivity index (χ3n) is 4.10. The summed E-state index contributed by atoms with van der Waals surface area (Å²) in [5, 5.41) is 6.54. The number of sulfone groups is 1. The first kappa shape index (κ1) is 22.9. The largest absolute Gasteiger partial charge is 0.356 e. The highest BCUT2D eigenvalue weighted by Gasteiger charge is 2.27. The van der Waals surface area contributed by atoms with Crippen molar-refractivity contribution in [2.24, 2.45) is 10.9 Å². The highest BCUT2D eigenvalue weighted by Crippen LogP contribution is 2.17. The molecular weight excluding hydrogens is 427 g/mol. The molecule has 1 atom stereocenters. The Bertz CT molecular complexity index is 458. The van der Waals surface area contributed by atoms with Crippen molar-refractivity contribution in [3.8, 4) is 0 Å². The van der Waals surface area contributed by atoms with Gasteiger partial charge in [0.1, 0.15) is 0 Å². The van der Waals surface area contributed by atoms with Gasteiger partial charge in [-0.1, -0.05) is 0 Å². The zero-order valence-electron chi connectivity index (χ0n) is 15.0. The van der Waals surface area contributed by atoms with E-state index in [0.717, 1.165) is 25.5 Å². The van der Waals surface area contributed by atoms with Crippen molar-refractivity contribution in [1.29, 1.82) is 0 Å². The van der Waals surface area contributed by atoms with Gasteiger partial charge in [0, 0.05) is 38.8 Å². The van der Waals surface area contributed by atoms with Crippen molar-refractivity contribution >= 4 is 39.8 Å². The molecule has 1 aliphatic heterocycles. The SMILES string of the molecule is CN=C(NCCN(C(C)C)C(C)C)NCC1CCS(=O)(=O)C1.I. The van der Waals surface area contributed by atoms with Crippen LogP contribution in [-0.4, -0.2) is 69.5 Å². The van der Waals surface area contributed by atoms with Crippen molar-refractivity contribution < 1.29 is 8.42 Å². The molecule has 0 aromatic heterocycles. The monoisotopic (exact) mass is 460 g/mol. The smallest absolute Gasteiger partial charge is 0.191 e. The summed E-state index contributed by atoms with van der Waals surface area (Å²) in [4.78, 5) is 6.62. The van der Waals surface area contributed by atoms with E-state index in [2.05, 4.69) is 48.2 Å². The van der Waals surface area contributed by atoms with Crippen LogP contribution in [0.1, 0.15) is 34.1 Å². The first-order valence-electron chi connectivity index (χ1n) is 8.16. The molecule has 8 heteroatoms. The van der Waals surface area contributed by atoms with Crippen molar-refractivity contribution in [3.05, 3.63) is 0 Å². The van der Waals surface area contributed by atoms with Gasteiger partial charge in [-0.2, -0.15) is 0 Å². The van der Waals surface area contributed by atoms with Crippen LogP contribution in [0.2, 0.25) is 0 Å². The zero-order valence-corrected chi connectivity index (χ0v) is 18.1. The van der Waals surface area contributed by atoms with Gasteiger partial charge in [-0.15, -0.1) is 24.0 Å². The molecule has 0 saturated carbocycles. The van der Waals surface area contributed by atoms with E-state index >= 15 is 0 Å². The Hall–Kier alpha value is -0.0900. The van der Waals surface area contributed by atoms with Crippen LogP contribution in [0, 0.1) is 5.92 Å². The molecule has 23 heavy (non-hydrogen) atoms. The molecule has 0 radical (unpaired) electrons. The van der Waals surface area contributed by atoms with Gasteiger partial charge >= 0.3 is 0 Å². The maximum absolute atomic E-state index is 11.5. The minimum atomic E-state index is -2.80. The summed E-state index contributed by atoms with van der Waals surface area (Å²) in [5.41, 5.74) is 0. The van der Waals surface area contributed by atoms with Gasteiger partial charge in [-0.3, -0.25) is 9.89 Å². The van der Waals surface area contributed by atoms with E-state index in [1.54, 1.807) is 7.05 Å². The van der Waals surface area contributed by atoms with Crippen molar-refractivity contribution in [2.75, 3.05) is 38.2 Å². The maximum Gasteiger partial charge on any atom is 0.191 e. The first-order valence-corrected chi connectivity index (χ1v) is 9.98. The van der Waals surface area contributed by atoms with E-state index in [9.17, 15) is 8.42 Å². The van der Waals surface area contributed by atoms with Crippen LogP contribution in [0.15, 0.2) is 4.99 Å². The number of nitrogens with zero attached hydrogens (tertiary/aromatic N) is 2. The van der Waals surface area contributed by atoms with E-state index < -0.39 is 9.84 Å². The lowest BCUT2D eigenvalue weighted by Gasteiger charge is -2.30. The van der Waals surface area contributed by atoms with Gasteiger partial charge in [0.15, 0.2) is 15.8 Å². The molecule has 0 aliphatic carbocycles. The average molecular weight is 460 g/mol. The molecule has 1 fully saturated rings. The predicted octanol–water partition coefficient (Wildman–Crippen LogP) is 1.32. The number of rotatable bonds is 7. The highest BCUT2D eigenvalue weighted by molar-refractivity contribution is 14.0. The molecule has 1 saturated heterocycles. The molecule has 0 aromatic rings. The quantitative estimate of drug-likeness (QED) is 0.341. The Morgan fingerprint density at radius 2 is 1.83 bits per heavy atom. The number of nitrogens with one attached hydrogen (secondary N) is 2. The molecule has 0 aromatic carbocycles. The van der Waals surface area contributed by atoms with Crippen molar-refractivity contribution in [3.63, 3.8) is 0 Å². The van der Waals surface area contributed by atoms with Crippen molar-refractivity contribution in [2.45, 2.75) is 46.2 Å². The normalized spacial score (nSPS) is 20.9. The molecule has 1 heterocycles. The molecule has 0 bridgehead atoms. The molecule has 1 unspecified atom stereocenters. The minimum Gasteiger partial charge on any atom is -0.356 e. The Kier molecular flexibility index (Phi) is 10.7. The summed E-state index contributed by atoms with van der Waals surface area (Å²) in [7, 11) is -1.06. The number of halogens is 1. The third kappa shape index (κ3) is 8.53. The maximum atomic E-state index is 11.5. The first-order chi connectivity index (χ1) is 10.2. The van der Waals surface area contributed by atoms with E-state index in [0.29, 0.717) is 30.1 Å². The van der Waals surface area contributed by atoms with E-state index in [1.807, 2.05) is 0 Å². The fourth-order valence-corrected chi connectivity index (χ4v) is 4.77. The molecular formula is C15H33IN4O2S. The van der Waals surface area contributed by atoms with Crippen LogP contribution in [0.3, 0.4) is 0 Å². The fraction of sp³-hybridized carbons (Fsp3) is 0.933. The van der Waals surface area contributed by atoms with Gasteiger partial charge < -0.3 is 10.6 Å². The molecule has 138 valence electrons. The zero-order chi connectivity index (χ0) is 16.8. The molecule has 0 amide bonds. The topological polar surface area (TPSA) is 73.8 Å². The predicted molar refractivity (Wildman–Crippen MR) is 109 cm³/mol. The number of hydrogen-bond donors (Lipinski definition) is 2. The van der Waals surface area contributed by atoms with Gasteiger partial charge in [0.25, 0.3) is 0 Å². The van der Waals surface area contributed by atoms with Crippen LogP contribution in [0.4, 0.5) is 0 Å². The lowest BCUT2D eigenvalue weighted by atomic mass is 10.1. The molecule has 1 aliphatic rings. The third-order valence-corrected chi connectivity index (χ3v) is 5.93. The van der Waals surface area contributed by atoms with Crippen LogP contribution >= 0.6 is 24.0 Å². The Morgan fingerprint density at radius 1 is 1.22 bits per heavy atom. The second kappa shape index (κ2) is 10.7. The summed E-state index contributed by atoms with van der Waals surface area (Å²) in [6, 6.07) is 1.03. The second-order valence-corrected chi connectivity index (χ2v) is 8.80. The van der Waals surface area contributed by atoms with Crippen LogP contribution in [0.25, 0.3) is 0 Å². The molecule has 2 N–H and O–H groups in total. The Labute approximate surface area is 158 Å². The lowest BCUT2D eigenvalue weighted by molar-refractivity contribution is 0.178. The molecule has 1 rings (SSSR count). The average Bonchev–Trinajstić information content (AvgIpc) is 2.76. The lowest BCUT2D eigenvalue weighted by Crippen LogP contribution is -2.46. The van der Waals surface area contributed by atoms with Crippen molar-refractivity contribution in [1.82, 2.24) is 15.5 Å². The summed E-state index contributed by atoms with van der Waals surface area (Å²) < 4.78 is 22.9. The van der Waals surface area contributed by atoms with Crippen LogP contribution < -0.4 is 10.6 Å². The minimum absolute atomic E-state index is 0. The van der Waals surface area contributed by atoms with E-state index in [1.165, 1.54) is 0 Å². The van der Waals surface area contributed by atoms with E-state index in [-0.39, 0.29) is 29.9 Å².